The Bertz CT molecular complexity index is 389. The number of methoxy groups -OCH3 is 1. The maximum Gasteiger partial charge on any atom is 0.0834 e. The van der Waals surface area contributed by atoms with Gasteiger partial charge in [0, 0.05) is 7.11 Å². The average Bonchev–Trinajstić information content (AvgIpc) is 2.83. The molecule has 0 aromatic carbocycles. The second-order valence-electron chi connectivity index (χ2n) is 5.47. The summed E-state index contributed by atoms with van der Waals surface area (Å²) in [5.41, 5.74) is 1.11. The molecule has 122 valence electrons. The van der Waals surface area contributed by atoms with Crippen LogP contribution in [0.2, 0.25) is 5.02 Å². The molecule has 0 radical (unpaired) electrons. The van der Waals surface area contributed by atoms with Crippen LogP contribution in [-0.4, -0.2) is 30.0 Å². The van der Waals surface area contributed by atoms with Crippen molar-refractivity contribution in [1.82, 2.24) is 15.1 Å². The Hall–Kier alpha value is -0.580. The molecule has 1 aromatic heterocycles. The predicted molar refractivity (Wildman–Crippen MR) is 88.8 cm³/mol. The van der Waals surface area contributed by atoms with Crippen LogP contribution in [0.4, 0.5) is 0 Å². The molecule has 0 bridgehead atoms. The third kappa shape index (κ3) is 5.28. The van der Waals surface area contributed by atoms with Gasteiger partial charge < -0.3 is 10.1 Å². The van der Waals surface area contributed by atoms with Gasteiger partial charge in [-0.25, -0.2) is 0 Å². The molecule has 0 spiro atoms. The lowest BCUT2D eigenvalue weighted by molar-refractivity contribution is 0.180. The molecule has 0 aliphatic heterocycles. The average molecular weight is 316 g/mol. The van der Waals surface area contributed by atoms with Crippen LogP contribution >= 0.6 is 11.6 Å². The summed E-state index contributed by atoms with van der Waals surface area (Å²) >= 11 is 6.43. The number of rotatable bonds is 11. The second kappa shape index (κ2) is 10.2. The summed E-state index contributed by atoms with van der Waals surface area (Å²) in [5.74, 6) is 0.593. The Kier molecular flexibility index (Phi) is 8.97. The quantitative estimate of drug-likeness (QED) is 0.669. The van der Waals surface area contributed by atoms with Crippen molar-refractivity contribution in [1.29, 1.82) is 0 Å². The van der Waals surface area contributed by atoms with Crippen molar-refractivity contribution in [2.24, 2.45) is 5.92 Å². The van der Waals surface area contributed by atoms with Gasteiger partial charge in [-0.2, -0.15) is 5.10 Å². The minimum Gasteiger partial charge on any atom is -0.383 e. The van der Waals surface area contributed by atoms with E-state index in [0.29, 0.717) is 12.5 Å². The van der Waals surface area contributed by atoms with Gasteiger partial charge in [-0.1, -0.05) is 45.2 Å². The van der Waals surface area contributed by atoms with Gasteiger partial charge in [0.05, 0.1) is 36.1 Å². The smallest absolute Gasteiger partial charge is 0.0834 e. The number of halogens is 1. The third-order valence-corrected chi connectivity index (χ3v) is 4.14. The lowest BCUT2D eigenvalue weighted by Crippen LogP contribution is -2.31. The van der Waals surface area contributed by atoms with E-state index in [1.54, 1.807) is 13.3 Å². The zero-order chi connectivity index (χ0) is 15.7. The van der Waals surface area contributed by atoms with Gasteiger partial charge in [0.1, 0.15) is 0 Å². The van der Waals surface area contributed by atoms with Gasteiger partial charge in [-0.15, -0.1) is 0 Å². The van der Waals surface area contributed by atoms with Crippen molar-refractivity contribution in [3.05, 3.63) is 16.9 Å². The summed E-state index contributed by atoms with van der Waals surface area (Å²) < 4.78 is 7.18. The molecule has 1 unspecified atom stereocenters. The lowest BCUT2D eigenvalue weighted by Gasteiger charge is -2.28. The Morgan fingerprint density at radius 2 is 1.95 bits per heavy atom. The second-order valence-corrected chi connectivity index (χ2v) is 5.87. The molecule has 5 heteroatoms. The molecule has 1 rings (SSSR count). The van der Waals surface area contributed by atoms with E-state index in [9.17, 15) is 0 Å². The zero-order valence-electron chi connectivity index (χ0n) is 13.9. The highest BCUT2D eigenvalue weighted by molar-refractivity contribution is 6.31. The number of nitrogens with zero attached hydrogens (tertiary/aromatic N) is 2. The summed E-state index contributed by atoms with van der Waals surface area (Å²) in [4.78, 5) is 0. The Labute approximate surface area is 134 Å². The van der Waals surface area contributed by atoms with E-state index in [-0.39, 0.29) is 6.04 Å². The van der Waals surface area contributed by atoms with Crippen LogP contribution in [0.25, 0.3) is 0 Å². The number of ether oxygens (including phenoxy) is 1. The van der Waals surface area contributed by atoms with Gasteiger partial charge in [-0.05, 0) is 25.3 Å². The molecule has 1 atom stereocenters. The number of hydrogen-bond donors (Lipinski definition) is 1. The van der Waals surface area contributed by atoms with Crippen molar-refractivity contribution in [3.63, 3.8) is 0 Å². The fourth-order valence-corrected chi connectivity index (χ4v) is 3.22. The van der Waals surface area contributed by atoms with Crippen LogP contribution in [0.1, 0.15) is 58.2 Å². The minimum atomic E-state index is 0.266. The van der Waals surface area contributed by atoms with E-state index in [2.05, 4.69) is 31.2 Å². The first-order valence-corrected chi connectivity index (χ1v) is 8.50. The molecule has 0 aliphatic carbocycles. The molecule has 0 saturated heterocycles. The molecule has 1 N–H and O–H groups in total. The molecule has 1 heterocycles. The van der Waals surface area contributed by atoms with E-state index >= 15 is 0 Å². The van der Waals surface area contributed by atoms with Crippen molar-refractivity contribution >= 4 is 11.6 Å². The molecule has 4 nitrogen and oxygen atoms in total. The topological polar surface area (TPSA) is 39.1 Å². The summed E-state index contributed by atoms with van der Waals surface area (Å²) in [7, 11) is 1.71. The van der Waals surface area contributed by atoms with Crippen molar-refractivity contribution in [3.8, 4) is 0 Å². The summed E-state index contributed by atoms with van der Waals surface area (Å²) in [5, 5.41) is 8.81. The number of nitrogens with one attached hydrogen (secondary N) is 1. The maximum absolute atomic E-state index is 6.43. The Morgan fingerprint density at radius 3 is 2.48 bits per heavy atom. The molecule has 0 fully saturated rings. The summed E-state index contributed by atoms with van der Waals surface area (Å²) in [6.45, 7) is 8.96. The van der Waals surface area contributed by atoms with Crippen LogP contribution in [0, 0.1) is 5.92 Å². The molecule has 1 aromatic rings. The summed E-state index contributed by atoms with van der Waals surface area (Å²) in [6.07, 6.45) is 6.55. The predicted octanol–water partition coefficient (Wildman–Crippen LogP) is 4.05. The highest BCUT2D eigenvalue weighted by Crippen LogP contribution is 2.33. The standard InChI is InChI=1S/C16H30ClN3O/c1-5-8-13(9-6-2)15(18-7-3)16-14(17)12-19-20(16)10-11-21-4/h12-13,15,18H,5-11H2,1-4H3. The van der Waals surface area contributed by atoms with Crippen LogP contribution in [0.15, 0.2) is 6.20 Å². The van der Waals surface area contributed by atoms with Gasteiger partial charge in [0.25, 0.3) is 0 Å². The Balaban J connectivity index is 3.04. The maximum atomic E-state index is 6.43. The highest BCUT2D eigenvalue weighted by atomic mass is 35.5. The monoisotopic (exact) mass is 315 g/mol. The number of aromatic nitrogens is 2. The highest BCUT2D eigenvalue weighted by Gasteiger charge is 2.26. The molecule has 0 aliphatic rings. The van der Waals surface area contributed by atoms with Gasteiger partial charge in [0.2, 0.25) is 0 Å². The fourth-order valence-electron chi connectivity index (χ4n) is 2.96. The summed E-state index contributed by atoms with van der Waals surface area (Å²) in [6, 6.07) is 0.266. The molecular weight excluding hydrogens is 286 g/mol. The van der Waals surface area contributed by atoms with Crippen molar-refractivity contribution in [2.75, 3.05) is 20.3 Å². The Morgan fingerprint density at radius 1 is 1.29 bits per heavy atom. The van der Waals surface area contributed by atoms with Crippen LogP contribution < -0.4 is 5.32 Å². The normalized spacial score (nSPS) is 13.0. The lowest BCUT2D eigenvalue weighted by atomic mass is 9.88. The first-order chi connectivity index (χ1) is 10.2. The van der Waals surface area contributed by atoms with E-state index in [1.165, 1.54) is 25.7 Å². The van der Waals surface area contributed by atoms with E-state index in [0.717, 1.165) is 23.8 Å². The van der Waals surface area contributed by atoms with Crippen molar-refractivity contribution in [2.45, 2.75) is 59.0 Å². The largest absolute Gasteiger partial charge is 0.383 e. The van der Waals surface area contributed by atoms with Gasteiger partial charge in [-0.3, -0.25) is 4.68 Å². The fraction of sp³-hybridized carbons (Fsp3) is 0.812. The van der Waals surface area contributed by atoms with Crippen LogP contribution in [-0.2, 0) is 11.3 Å². The van der Waals surface area contributed by atoms with E-state index < -0.39 is 0 Å². The molecule has 21 heavy (non-hydrogen) atoms. The molecule has 0 saturated carbocycles. The third-order valence-electron chi connectivity index (χ3n) is 3.85. The SMILES string of the molecule is CCCC(CCC)C(NCC)c1c(Cl)cnn1CCOC. The van der Waals surface area contributed by atoms with E-state index in [4.69, 9.17) is 16.3 Å². The van der Waals surface area contributed by atoms with Crippen LogP contribution in [0.3, 0.4) is 0 Å². The van der Waals surface area contributed by atoms with Gasteiger partial charge in [0.15, 0.2) is 0 Å². The van der Waals surface area contributed by atoms with Crippen LogP contribution in [0.5, 0.6) is 0 Å². The number of hydrogen-bond acceptors (Lipinski definition) is 3. The zero-order valence-corrected chi connectivity index (χ0v) is 14.6. The minimum absolute atomic E-state index is 0.266. The van der Waals surface area contributed by atoms with Crippen molar-refractivity contribution < 1.29 is 4.74 Å². The van der Waals surface area contributed by atoms with E-state index in [1.807, 2.05) is 4.68 Å². The first-order valence-electron chi connectivity index (χ1n) is 8.12. The first kappa shape index (κ1) is 18.5. The van der Waals surface area contributed by atoms with Gasteiger partial charge >= 0.3 is 0 Å². The molecule has 0 amide bonds. The molecular formula is C16H30ClN3O.